The molecule has 1 aromatic rings. The molecule has 0 aliphatic carbocycles. The largest absolute Gasteiger partial charge is 0.357 e. The number of nitrogens with zero attached hydrogens (tertiary/aromatic N) is 3. The van der Waals surface area contributed by atoms with E-state index in [1.54, 1.807) is 0 Å². The highest BCUT2D eigenvalue weighted by Crippen LogP contribution is 2.26. The third kappa shape index (κ3) is 2.50. The molecular formula is C12H20N4. The summed E-state index contributed by atoms with van der Waals surface area (Å²) in [6.45, 7) is 4.37. The number of piperidine rings is 1. The fourth-order valence-corrected chi connectivity index (χ4v) is 2.22. The van der Waals surface area contributed by atoms with Gasteiger partial charge in [0.1, 0.15) is 0 Å². The second-order valence-electron chi connectivity index (χ2n) is 4.59. The van der Waals surface area contributed by atoms with Gasteiger partial charge < -0.3 is 10.2 Å². The Kier molecular flexibility index (Phi) is 3.39. The highest BCUT2D eigenvalue weighted by Gasteiger charge is 2.20. The van der Waals surface area contributed by atoms with Crippen LogP contribution in [0.3, 0.4) is 0 Å². The van der Waals surface area contributed by atoms with Crippen LogP contribution in [0.4, 0.5) is 5.95 Å². The topological polar surface area (TPSA) is 41.1 Å². The Bertz CT molecular complexity index is 356. The van der Waals surface area contributed by atoms with E-state index >= 15 is 0 Å². The lowest BCUT2D eigenvalue weighted by Crippen LogP contribution is -2.29. The standard InChI is InChI=1S/C12H20N4/c1-9-8-11(15-12(13-2)14-9)10-4-6-16(3)7-5-10/h8,10H,4-7H2,1-3H3,(H,13,14,15). The average Bonchev–Trinajstić information content (AvgIpc) is 2.29. The molecule has 1 N–H and O–H groups in total. The summed E-state index contributed by atoms with van der Waals surface area (Å²) in [7, 11) is 4.05. The molecule has 2 heterocycles. The van der Waals surface area contributed by atoms with Gasteiger partial charge in [0.2, 0.25) is 5.95 Å². The van der Waals surface area contributed by atoms with E-state index in [-0.39, 0.29) is 0 Å². The van der Waals surface area contributed by atoms with Crippen LogP contribution in [0.5, 0.6) is 0 Å². The number of hydrogen-bond acceptors (Lipinski definition) is 4. The van der Waals surface area contributed by atoms with E-state index < -0.39 is 0 Å². The van der Waals surface area contributed by atoms with Crippen LogP contribution in [0.15, 0.2) is 6.07 Å². The highest BCUT2D eigenvalue weighted by molar-refractivity contribution is 5.28. The summed E-state index contributed by atoms with van der Waals surface area (Å²) >= 11 is 0. The first-order valence-electron chi connectivity index (χ1n) is 5.91. The van der Waals surface area contributed by atoms with Crippen molar-refractivity contribution in [3.05, 3.63) is 17.5 Å². The molecule has 1 aliphatic rings. The van der Waals surface area contributed by atoms with Gasteiger partial charge in [-0.3, -0.25) is 0 Å². The molecule has 0 aromatic carbocycles. The minimum absolute atomic E-state index is 0.602. The molecule has 0 spiro atoms. The lowest BCUT2D eigenvalue weighted by molar-refractivity contribution is 0.253. The average molecular weight is 220 g/mol. The lowest BCUT2D eigenvalue weighted by Gasteiger charge is -2.28. The maximum atomic E-state index is 4.56. The van der Waals surface area contributed by atoms with Crippen molar-refractivity contribution in [2.24, 2.45) is 0 Å². The monoisotopic (exact) mass is 220 g/mol. The molecule has 0 unspecified atom stereocenters. The van der Waals surface area contributed by atoms with Gasteiger partial charge >= 0.3 is 0 Å². The smallest absolute Gasteiger partial charge is 0.222 e. The Morgan fingerprint density at radius 1 is 1.31 bits per heavy atom. The SMILES string of the molecule is CNc1nc(C)cc(C2CCN(C)CC2)n1. The zero-order valence-corrected chi connectivity index (χ0v) is 10.3. The zero-order chi connectivity index (χ0) is 11.5. The van der Waals surface area contributed by atoms with Gasteiger partial charge in [-0.15, -0.1) is 0 Å². The van der Waals surface area contributed by atoms with E-state index in [9.17, 15) is 0 Å². The molecule has 16 heavy (non-hydrogen) atoms. The molecule has 0 radical (unpaired) electrons. The van der Waals surface area contributed by atoms with Gasteiger partial charge in [-0.1, -0.05) is 0 Å². The van der Waals surface area contributed by atoms with Crippen molar-refractivity contribution >= 4 is 5.95 Å². The quantitative estimate of drug-likeness (QED) is 0.822. The third-order valence-corrected chi connectivity index (χ3v) is 3.23. The van der Waals surface area contributed by atoms with Gasteiger partial charge in [-0.05, 0) is 46.0 Å². The second-order valence-corrected chi connectivity index (χ2v) is 4.59. The maximum absolute atomic E-state index is 4.56. The highest BCUT2D eigenvalue weighted by atomic mass is 15.1. The van der Waals surface area contributed by atoms with Crippen LogP contribution in [-0.4, -0.2) is 42.1 Å². The predicted molar refractivity (Wildman–Crippen MR) is 65.8 cm³/mol. The molecule has 0 saturated carbocycles. The van der Waals surface area contributed by atoms with E-state index in [1.807, 2.05) is 14.0 Å². The molecule has 0 atom stereocenters. The van der Waals surface area contributed by atoms with Crippen LogP contribution in [0.2, 0.25) is 0 Å². The van der Waals surface area contributed by atoms with Gasteiger partial charge in [-0.25, -0.2) is 9.97 Å². The summed E-state index contributed by atoms with van der Waals surface area (Å²) in [6, 6.07) is 2.12. The van der Waals surface area contributed by atoms with E-state index in [4.69, 9.17) is 0 Å². The maximum Gasteiger partial charge on any atom is 0.222 e. The number of aromatic nitrogens is 2. The number of rotatable bonds is 2. The molecule has 88 valence electrons. The van der Waals surface area contributed by atoms with Crippen molar-refractivity contribution in [3.8, 4) is 0 Å². The summed E-state index contributed by atoms with van der Waals surface area (Å²) in [5.41, 5.74) is 2.25. The second kappa shape index (κ2) is 4.78. The molecular weight excluding hydrogens is 200 g/mol. The van der Waals surface area contributed by atoms with Crippen molar-refractivity contribution in [3.63, 3.8) is 0 Å². The Morgan fingerprint density at radius 3 is 2.62 bits per heavy atom. The first-order valence-corrected chi connectivity index (χ1v) is 5.91. The fraction of sp³-hybridized carbons (Fsp3) is 0.667. The van der Waals surface area contributed by atoms with Crippen LogP contribution >= 0.6 is 0 Å². The first-order chi connectivity index (χ1) is 7.69. The Labute approximate surface area is 97.1 Å². The minimum Gasteiger partial charge on any atom is -0.357 e. The molecule has 4 heteroatoms. The van der Waals surface area contributed by atoms with Crippen LogP contribution in [0, 0.1) is 6.92 Å². The summed E-state index contributed by atoms with van der Waals surface area (Å²) in [4.78, 5) is 11.3. The lowest BCUT2D eigenvalue weighted by atomic mass is 9.93. The van der Waals surface area contributed by atoms with Crippen molar-refractivity contribution in [2.45, 2.75) is 25.7 Å². The summed E-state index contributed by atoms with van der Waals surface area (Å²) < 4.78 is 0. The summed E-state index contributed by atoms with van der Waals surface area (Å²) in [5.74, 6) is 1.35. The molecule has 4 nitrogen and oxygen atoms in total. The molecule has 0 amide bonds. The number of hydrogen-bond donors (Lipinski definition) is 1. The number of likely N-dealkylation sites (tertiary alicyclic amines) is 1. The molecule has 1 fully saturated rings. The summed E-state index contributed by atoms with van der Waals surface area (Å²) in [5, 5.41) is 3.02. The predicted octanol–water partition coefficient (Wildman–Crippen LogP) is 1.64. The van der Waals surface area contributed by atoms with E-state index in [0.29, 0.717) is 5.92 Å². The first kappa shape index (κ1) is 11.3. The van der Waals surface area contributed by atoms with Crippen molar-refractivity contribution < 1.29 is 0 Å². The molecule has 1 aromatic heterocycles. The van der Waals surface area contributed by atoms with E-state index in [2.05, 4.69) is 33.3 Å². The molecule has 1 saturated heterocycles. The Balaban J connectivity index is 2.16. The van der Waals surface area contributed by atoms with Crippen molar-refractivity contribution in [2.75, 3.05) is 32.5 Å². The molecule has 2 rings (SSSR count). The number of nitrogens with one attached hydrogen (secondary N) is 1. The van der Waals surface area contributed by atoms with Crippen molar-refractivity contribution in [1.82, 2.24) is 14.9 Å². The van der Waals surface area contributed by atoms with Gasteiger partial charge in [-0.2, -0.15) is 0 Å². The number of anilines is 1. The Hall–Kier alpha value is -1.16. The van der Waals surface area contributed by atoms with E-state index in [1.165, 1.54) is 31.6 Å². The third-order valence-electron chi connectivity index (χ3n) is 3.23. The minimum atomic E-state index is 0.602. The van der Waals surface area contributed by atoms with Gasteiger partial charge in [0, 0.05) is 24.4 Å². The Morgan fingerprint density at radius 2 is 2.00 bits per heavy atom. The van der Waals surface area contributed by atoms with E-state index in [0.717, 1.165) is 11.6 Å². The van der Waals surface area contributed by atoms with Crippen LogP contribution < -0.4 is 5.32 Å². The van der Waals surface area contributed by atoms with Crippen LogP contribution in [-0.2, 0) is 0 Å². The summed E-state index contributed by atoms with van der Waals surface area (Å²) in [6.07, 6.45) is 2.41. The fourth-order valence-electron chi connectivity index (χ4n) is 2.22. The van der Waals surface area contributed by atoms with Gasteiger partial charge in [0.05, 0.1) is 0 Å². The van der Waals surface area contributed by atoms with Gasteiger partial charge in [0.25, 0.3) is 0 Å². The normalized spacial score (nSPS) is 18.7. The molecule has 0 bridgehead atoms. The van der Waals surface area contributed by atoms with Crippen LogP contribution in [0.25, 0.3) is 0 Å². The van der Waals surface area contributed by atoms with Crippen LogP contribution in [0.1, 0.15) is 30.1 Å². The number of aryl methyl sites for hydroxylation is 1. The zero-order valence-electron chi connectivity index (χ0n) is 10.3. The van der Waals surface area contributed by atoms with Gasteiger partial charge in [0.15, 0.2) is 0 Å². The molecule has 1 aliphatic heterocycles. The van der Waals surface area contributed by atoms with Crippen molar-refractivity contribution in [1.29, 1.82) is 0 Å².